The van der Waals surface area contributed by atoms with E-state index >= 15 is 0 Å². The Balaban J connectivity index is 2.07. The van der Waals surface area contributed by atoms with Crippen LogP contribution in [0.4, 0.5) is 0 Å². The summed E-state index contributed by atoms with van der Waals surface area (Å²) in [5.74, 6) is 0.676. The molecule has 1 atom stereocenters. The number of halogens is 1. The maximum Gasteiger partial charge on any atom is 0.174 e. The van der Waals surface area contributed by atoms with Gasteiger partial charge in [0.1, 0.15) is 17.4 Å². The largest absolute Gasteiger partial charge is 0.477 e. The standard InChI is InChI=1S/C16H12BrNO2/c17-14-8-4-7-13(15(14)19-10-9-18)16(11-20-16)12-5-2-1-3-6-12/h1-8H,10-11H2. The number of hydrogen-bond acceptors (Lipinski definition) is 3. The molecule has 1 saturated heterocycles. The average Bonchev–Trinajstić information content (AvgIpc) is 3.28. The number of nitrogens with zero attached hydrogens (tertiary/aromatic N) is 1. The molecule has 20 heavy (non-hydrogen) atoms. The van der Waals surface area contributed by atoms with Crippen molar-refractivity contribution in [1.29, 1.82) is 5.26 Å². The summed E-state index contributed by atoms with van der Waals surface area (Å²) in [6, 6.07) is 17.9. The van der Waals surface area contributed by atoms with Gasteiger partial charge in [-0.05, 0) is 27.6 Å². The van der Waals surface area contributed by atoms with Crippen LogP contribution in [-0.2, 0) is 10.3 Å². The van der Waals surface area contributed by atoms with Crippen molar-refractivity contribution in [3.8, 4) is 11.8 Å². The molecule has 0 aliphatic carbocycles. The summed E-state index contributed by atoms with van der Waals surface area (Å²) >= 11 is 3.48. The first-order chi connectivity index (χ1) is 9.78. The fraction of sp³-hybridized carbons (Fsp3) is 0.188. The van der Waals surface area contributed by atoms with Crippen LogP contribution in [-0.4, -0.2) is 13.2 Å². The molecular weight excluding hydrogens is 318 g/mol. The van der Waals surface area contributed by atoms with Crippen LogP contribution in [0.1, 0.15) is 11.1 Å². The lowest BCUT2D eigenvalue weighted by Crippen LogP contribution is -2.13. The van der Waals surface area contributed by atoms with Crippen LogP contribution in [0.25, 0.3) is 0 Å². The summed E-state index contributed by atoms with van der Waals surface area (Å²) in [6.45, 7) is 0.636. The summed E-state index contributed by atoms with van der Waals surface area (Å²) < 4.78 is 12.2. The summed E-state index contributed by atoms with van der Waals surface area (Å²) in [6.07, 6.45) is 0. The van der Waals surface area contributed by atoms with E-state index in [9.17, 15) is 0 Å². The molecule has 0 N–H and O–H groups in total. The summed E-state index contributed by atoms with van der Waals surface area (Å²) in [5.41, 5.74) is 1.60. The van der Waals surface area contributed by atoms with E-state index in [4.69, 9.17) is 14.7 Å². The molecule has 1 aliphatic heterocycles. The average molecular weight is 330 g/mol. The monoisotopic (exact) mass is 329 g/mol. The van der Waals surface area contributed by atoms with Crippen LogP contribution < -0.4 is 4.74 Å². The third kappa shape index (κ3) is 2.20. The van der Waals surface area contributed by atoms with E-state index < -0.39 is 5.60 Å². The predicted molar refractivity (Wildman–Crippen MR) is 78.4 cm³/mol. The van der Waals surface area contributed by atoms with Gasteiger partial charge in [0.2, 0.25) is 0 Å². The molecule has 1 fully saturated rings. The van der Waals surface area contributed by atoms with Crippen LogP contribution in [0.15, 0.2) is 53.0 Å². The molecular formula is C16H12BrNO2. The van der Waals surface area contributed by atoms with Crippen LogP contribution in [0.3, 0.4) is 0 Å². The molecule has 0 saturated carbocycles. The Hall–Kier alpha value is -1.83. The maximum absolute atomic E-state index is 8.72. The van der Waals surface area contributed by atoms with Crippen LogP contribution >= 0.6 is 15.9 Å². The molecule has 0 bridgehead atoms. The highest BCUT2D eigenvalue weighted by molar-refractivity contribution is 9.10. The topological polar surface area (TPSA) is 45.5 Å². The normalized spacial score (nSPS) is 20.2. The number of hydrogen-bond donors (Lipinski definition) is 0. The molecule has 0 spiro atoms. The van der Waals surface area contributed by atoms with Crippen molar-refractivity contribution in [2.75, 3.05) is 13.2 Å². The lowest BCUT2D eigenvalue weighted by atomic mass is 9.91. The Morgan fingerprint density at radius 2 is 1.95 bits per heavy atom. The second kappa shape index (κ2) is 5.28. The Kier molecular flexibility index (Phi) is 3.47. The van der Waals surface area contributed by atoms with Crippen molar-refractivity contribution in [2.24, 2.45) is 0 Å². The van der Waals surface area contributed by atoms with Gasteiger partial charge in [0.15, 0.2) is 6.61 Å². The molecule has 3 nitrogen and oxygen atoms in total. The minimum Gasteiger partial charge on any atom is -0.477 e. The smallest absolute Gasteiger partial charge is 0.174 e. The van der Waals surface area contributed by atoms with Gasteiger partial charge in [0, 0.05) is 5.56 Å². The second-order valence-corrected chi connectivity index (χ2v) is 5.40. The van der Waals surface area contributed by atoms with Gasteiger partial charge in [0.25, 0.3) is 0 Å². The number of benzene rings is 2. The molecule has 2 aromatic rings. The first kappa shape index (κ1) is 13.2. The van der Waals surface area contributed by atoms with E-state index in [2.05, 4.69) is 15.9 Å². The fourth-order valence-electron chi connectivity index (χ4n) is 2.34. The zero-order valence-electron chi connectivity index (χ0n) is 10.7. The van der Waals surface area contributed by atoms with Gasteiger partial charge in [-0.1, -0.05) is 42.5 Å². The number of nitriles is 1. The highest BCUT2D eigenvalue weighted by Crippen LogP contribution is 2.50. The first-order valence-electron chi connectivity index (χ1n) is 6.26. The molecule has 1 aliphatic rings. The Labute approximate surface area is 125 Å². The molecule has 4 heteroatoms. The zero-order valence-corrected chi connectivity index (χ0v) is 12.3. The Bertz CT molecular complexity index is 660. The maximum atomic E-state index is 8.72. The molecule has 0 amide bonds. The fourth-order valence-corrected chi connectivity index (χ4v) is 2.82. The predicted octanol–water partition coefficient (Wildman–Crippen LogP) is 3.63. The van der Waals surface area contributed by atoms with Gasteiger partial charge in [0.05, 0.1) is 11.1 Å². The van der Waals surface area contributed by atoms with E-state index in [-0.39, 0.29) is 6.61 Å². The number of para-hydroxylation sites is 1. The van der Waals surface area contributed by atoms with E-state index in [0.717, 1.165) is 15.6 Å². The first-order valence-corrected chi connectivity index (χ1v) is 7.05. The third-order valence-electron chi connectivity index (χ3n) is 3.36. The minimum atomic E-state index is -0.449. The zero-order chi connectivity index (χ0) is 14.0. The van der Waals surface area contributed by atoms with E-state index in [1.165, 1.54) is 0 Å². The molecule has 1 heterocycles. The van der Waals surface area contributed by atoms with Crippen molar-refractivity contribution in [3.05, 3.63) is 64.1 Å². The highest BCUT2D eigenvalue weighted by Gasteiger charge is 2.50. The van der Waals surface area contributed by atoms with Crippen molar-refractivity contribution in [3.63, 3.8) is 0 Å². The third-order valence-corrected chi connectivity index (χ3v) is 3.98. The lowest BCUT2D eigenvalue weighted by Gasteiger charge is -2.18. The molecule has 0 radical (unpaired) electrons. The summed E-state index contributed by atoms with van der Waals surface area (Å²) in [5, 5.41) is 8.72. The Morgan fingerprint density at radius 3 is 2.60 bits per heavy atom. The lowest BCUT2D eigenvalue weighted by molar-refractivity contribution is 0.321. The Morgan fingerprint density at radius 1 is 1.20 bits per heavy atom. The van der Waals surface area contributed by atoms with Gasteiger partial charge < -0.3 is 9.47 Å². The molecule has 2 aromatic carbocycles. The SMILES string of the molecule is N#CCOc1c(Br)cccc1C1(c2ccccc2)CO1. The second-order valence-electron chi connectivity index (χ2n) is 4.55. The van der Waals surface area contributed by atoms with Crippen molar-refractivity contribution in [2.45, 2.75) is 5.60 Å². The van der Waals surface area contributed by atoms with Gasteiger partial charge in [-0.2, -0.15) is 5.26 Å². The number of epoxide rings is 1. The van der Waals surface area contributed by atoms with Crippen molar-refractivity contribution in [1.82, 2.24) is 0 Å². The molecule has 0 aromatic heterocycles. The van der Waals surface area contributed by atoms with Crippen molar-refractivity contribution >= 4 is 15.9 Å². The molecule has 3 rings (SSSR count). The molecule has 100 valence electrons. The van der Waals surface area contributed by atoms with E-state index in [1.807, 2.05) is 54.6 Å². The van der Waals surface area contributed by atoms with Crippen LogP contribution in [0.5, 0.6) is 5.75 Å². The summed E-state index contributed by atoms with van der Waals surface area (Å²) in [7, 11) is 0. The van der Waals surface area contributed by atoms with E-state index in [0.29, 0.717) is 12.4 Å². The van der Waals surface area contributed by atoms with Gasteiger partial charge in [-0.25, -0.2) is 0 Å². The highest BCUT2D eigenvalue weighted by atomic mass is 79.9. The van der Waals surface area contributed by atoms with Gasteiger partial charge in [-0.15, -0.1) is 0 Å². The van der Waals surface area contributed by atoms with E-state index in [1.54, 1.807) is 0 Å². The van der Waals surface area contributed by atoms with Crippen LogP contribution in [0.2, 0.25) is 0 Å². The summed E-state index contributed by atoms with van der Waals surface area (Å²) in [4.78, 5) is 0. The van der Waals surface area contributed by atoms with Gasteiger partial charge in [-0.3, -0.25) is 0 Å². The minimum absolute atomic E-state index is 0.0144. The molecule has 1 unspecified atom stereocenters. The van der Waals surface area contributed by atoms with Gasteiger partial charge >= 0.3 is 0 Å². The number of ether oxygens (including phenoxy) is 2. The van der Waals surface area contributed by atoms with Crippen LogP contribution in [0, 0.1) is 11.3 Å². The van der Waals surface area contributed by atoms with Crippen molar-refractivity contribution < 1.29 is 9.47 Å². The quantitative estimate of drug-likeness (QED) is 0.804. The number of rotatable bonds is 4.